The van der Waals surface area contributed by atoms with Crippen LogP contribution in [0.4, 0.5) is 0 Å². The van der Waals surface area contributed by atoms with Crippen LogP contribution < -0.4 is 5.43 Å². The smallest absolute Gasteiger partial charge is 0.0879 e. The minimum absolute atomic E-state index is 0.385. The fourth-order valence-electron chi connectivity index (χ4n) is 1.07. The molecule has 0 aromatic carbocycles. The number of thiol groups is 1. The Morgan fingerprint density at radius 3 is 3.30 bits per heavy atom. The van der Waals surface area contributed by atoms with Gasteiger partial charge < -0.3 is 5.43 Å². The van der Waals surface area contributed by atoms with E-state index in [1.807, 2.05) is 23.5 Å². The standard InChI is InChI=1S/C7H8N2S/c10-7-2-1-6-3-4-8-9(6)5-7/h1-6,8,10H. The van der Waals surface area contributed by atoms with Crippen LogP contribution in [0.1, 0.15) is 0 Å². The van der Waals surface area contributed by atoms with Crippen molar-refractivity contribution in [3.05, 3.63) is 35.5 Å². The minimum Gasteiger partial charge on any atom is -0.306 e. The van der Waals surface area contributed by atoms with E-state index in [1.54, 1.807) is 0 Å². The summed E-state index contributed by atoms with van der Waals surface area (Å²) >= 11 is 4.21. The summed E-state index contributed by atoms with van der Waals surface area (Å²) in [6.45, 7) is 0. The molecule has 1 unspecified atom stereocenters. The molecule has 2 aliphatic rings. The molecule has 52 valence electrons. The normalized spacial score (nSPS) is 27.9. The van der Waals surface area contributed by atoms with Gasteiger partial charge in [0.2, 0.25) is 0 Å². The van der Waals surface area contributed by atoms with Gasteiger partial charge in [-0.2, -0.15) is 0 Å². The van der Waals surface area contributed by atoms with Gasteiger partial charge in [0.05, 0.1) is 6.04 Å². The van der Waals surface area contributed by atoms with Crippen LogP contribution in [-0.2, 0) is 0 Å². The second-order valence-electron chi connectivity index (χ2n) is 2.30. The number of hydrogen-bond donors (Lipinski definition) is 2. The van der Waals surface area contributed by atoms with E-state index in [9.17, 15) is 0 Å². The first kappa shape index (κ1) is 5.92. The average molecular weight is 152 g/mol. The lowest BCUT2D eigenvalue weighted by Crippen LogP contribution is -2.32. The predicted molar refractivity (Wildman–Crippen MR) is 44.1 cm³/mol. The van der Waals surface area contributed by atoms with Crippen molar-refractivity contribution in [1.82, 2.24) is 10.4 Å². The molecule has 2 heterocycles. The fourth-order valence-corrected chi connectivity index (χ4v) is 1.28. The number of hydrogen-bond acceptors (Lipinski definition) is 3. The quantitative estimate of drug-likeness (QED) is 0.504. The van der Waals surface area contributed by atoms with Crippen molar-refractivity contribution in [2.24, 2.45) is 0 Å². The first-order chi connectivity index (χ1) is 4.86. The van der Waals surface area contributed by atoms with Gasteiger partial charge in [-0.3, -0.25) is 5.01 Å². The van der Waals surface area contributed by atoms with E-state index >= 15 is 0 Å². The summed E-state index contributed by atoms with van der Waals surface area (Å²) in [5, 5.41) is 2.00. The third-order valence-corrected chi connectivity index (χ3v) is 1.84. The van der Waals surface area contributed by atoms with Crippen LogP contribution in [0.5, 0.6) is 0 Å². The van der Waals surface area contributed by atoms with Crippen molar-refractivity contribution < 1.29 is 0 Å². The van der Waals surface area contributed by atoms with Crippen molar-refractivity contribution in [1.29, 1.82) is 0 Å². The van der Waals surface area contributed by atoms with Crippen LogP contribution in [0, 0.1) is 0 Å². The van der Waals surface area contributed by atoms with Crippen molar-refractivity contribution in [3.63, 3.8) is 0 Å². The summed E-state index contributed by atoms with van der Waals surface area (Å²) in [6, 6.07) is 0.385. The number of nitrogens with zero attached hydrogens (tertiary/aromatic N) is 1. The zero-order valence-electron chi connectivity index (χ0n) is 5.36. The van der Waals surface area contributed by atoms with Gasteiger partial charge in [-0.25, -0.2) is 0 Å². The second-order valence-corrected chi connectivity index (χ2v) is 2.82. The van der Waals surface area contributed by atoms with Gasteiger partial charge in [-0.15, -0.1) is 12.6 Å². The van der Waals surface area contributed by atoms with Crippen LogP contribution in [-0.4, -0.2) is 11.1 Å². The van der Waals surface area contributed by atoms with Crippen LogP contribution in [0.15, 0.2) is 35.5 Å². The molecule has 0 aliphatic carbocycles. The average Bonchev–Trinajstić information content (AvgIpc) is 2.33. The summed E-state index contributed by atoms with van der Waals surface area (Å²) in [5.74, 6) is 0. The molecule has 2 aliphatic heterocycles. The molecule has 0 aromatic heterocycles. The molecule has 1 atom stereocenters. The molecule has 2 nitrogen and oxygen atoms in total. The highest BCUT2D eigenvalue weighted by atomic mass is 32.1. The molecule has 2 rings (SSSR count). The Morgan fingerprint density at radius 2 is 2.40 bits per heavy atom. The molecule has 0 bridgehead atoms. The lowest BCUT2D eigenvalue weighted by Gasteiger charge is -2.23. The first-order valence-corrected chi connectivity index (χ1v) is 3.61. The Kier molecular flexibility index (Phi) is 1.24. The van der Waals surface area contributed by atoms with Gasteiger partial charge in [-0.1, -0.05) is 6.08 Å². The number of nitrogens with one attached hydrogen (secondary N) is 1. The van der Waals surface area contributed by atoms with Crippen LogP contribution in [0.2, 0.25) is 0 Å². The van der Waals surface area contributed by atoms with Crippen molar-refractivity contribution in [3.8, 4) is 0 Å². The summed E-state index contributed by atoms with van der Waals surface area (Å²) in [4.78, 5) is 0.979. The van der Waals surface area contributed by atoms with Gasteiger partial charge in [0.1, 0.15) is 0 Å². The molecule has 0 aromatic rings. The van der Waals surface area contributed by atoms with E-state index in [-0.39, 0.29) is 0 Å². The topological polar surface area (TPSA) is 15.3 Å². The third-order valence-electron chi connectivity index (χ3n) is 1.57. The Bertz CT molecular complexity index is 230. The molecule has 0 spiro atoms. The highest BCUT2D eigenvalue weighted by Crippen LogP contribution is 2.17. The van der Waals surface area contributed by atoms with Crippen LogP contribution >= 0.6 is 12.6 Å². The van der Waals surface area contributed by atoms with Gasteiger partial charge in [-0.05, 0) is 12.2 Å². The molecular formula is C7H8N2S. The molecule has 10 heavy (non-hydrogen) atoms. The summed E-state index contributed by atoms with van der Waals surface area (Å²) in [5.41, 5.74) is 3.07. The predicted octanol–water partition coefficient (Wildman–Crippen LogP) is 1.03. The van der Waals surface area contributed by atoms with E-state index < -0.39 is 0 Å². The van der Waals surface area contributed by atoms with Gasteiger partial charge in [0.25, 0.3) is 0 Å². The lowest BCUT2D eigenvalue weighted by atomic mass is 10.2. The Labute approximate surface area is 65.3 Å². The number of fused-ring (bicyclic) bond motifs is 1. The largest absolute Gasteiger partial charge is 0.306 e. The van der Waals surface area contributed by atoms with Crippen LogP contribution in [0.25, 0.3) is 0 Å². The Balaban J connectivity index is 2.25. The molecule has 0 fully saturated rings. The monoisotopic (exact) mass is 152 g/mol. The molecule has 0 radical (unpaired) electrons. The highest BCUT2D eigenvalue weighted by Gasteiger charge is 2.15. The van der Waals surface area contributed by atoms with Crippen molar-refractivity contribution in [2.75, 3.05) is 0 Å². The fraction of sp³-hybridized carbons (Fsp3) is 0.143. The van der Waals surface area contributed by atoms with E-state index in [0.717, 1.165) is 4.91 Å². The van der Waals surface area contributed by atoms with E-state index in [4.69, 9.17) is 0 Å². The first-order valence-electron chi connectivity index (χ1n) is 3.16. The Morgan fingerprint density at radius 1 is 1.50 bits per heavy atom. The molecule has 0 saturated carbocycles. The third kappa shape index (κ3) is 0.827. The molecule has 3 heteroatoms. The summed E-state index contributed by atoms with van der Waals surface area (Å²) < 4.78 is 0. The van der Waals surface area contributed by atoms with Gasteiger partial charge in [0, 0.05) is 17.3 Å². The van der Waals surface area contributed by atoms with E-state index in [2.05, 4.69) is 30.2 Å². The maximum absolute atomic E-state index is 4.21. The minimum atomic E-state index is 0.385. The van der Waals surface area contributed by atoms with Crippen molar-refractivity contribution >= 4 is 12.6 Å². The number of rotatable bonds is 0. The zero-order valence-corrected chi connectivity index (χ0v) is 6.25. The summed E-state index contributed by atoms with van der Waals surface area (Å²) in [7, 11) is 0. The van der Waals surface area contributed by atoms with Gasteiger partial charge >= 0.3 is 0 Å². The highest BCUT2D eigenvalue weighted by molar-refractivity contribution is 7.84. The van der Waals surface area contributed by atoms with Gasteiger partial charge in [0.15, 0.2) is 0 Å². The summed E-state index contributed by atoms with van der Waals surface area (Å²) in [6.07, 6.45) is 10.1. The second kappa shape index (κ2) is 2.09. The zero-order chi connectivity index (χ0) is 6.97. The SMILES string of the molecule is SC1=CN2NC=CC2C=C1. The molecule has 1 N–H and O–H groups in total. The van der Waals surface area contributed by atoms with E-state index in [1.165, 1.54) is 0 Å². The Hall–Kier alpha value is -0.830. The van der Waals surface area contributed by atoms with Crippen LogP contribution in [0.3, 0.4) is 0 Å². The van der Waals surface area contributed by atoms with Crippen molar-refractivity contribution in [2.45, 2.75) is 6.04 Å². The maximum atomic E-state index is 4.21. The lowest BCUT2D eigenvalue weighted by molar-refractivity contribution is 0.323. The maximum Gasteiger partial charge on any atom is 0.0879 e. The molecule has 0 amide bonds. The molecular weight excluding hydrogens is 144 g/mol. The molecule has 0 saturated heterocycles. The van der Waals surface area contributed by atoms with E-state index in [0.29, 0.717) is 6.04 Å². The number of hydrazine groups is 1. The number of allylic oxidation sites excluding steroid dienone is 1.